The normalized spacial score (nSPS) is 19.8. The smallest absolute Gasteiger partial charge is 0.411 e. The lowest BCUT2D eigenvalue weighted by atomic mass is 10.0. The van der Waals surface area contributed by atoms with Gasteiger partial charge in [0, 0.05) is 0 Å². The van der Waals surface area contributed by atoms with E-state index in [1.54, 1.807) is 0 Å². The number of benzene rings is 1. The van der Waals surface area contributed by atoms with Crippen LogP contribution in [0.15, 0.2) is 30.3 Å². The Kier molecular flexibility index (Phi) is 7.76. The number of amides is 1. The standard InChI is InChI=1S/C20H29NO4/c1-3-4-5-6-7-11-14-17-18(19(22)24-2)21(20(23)25-17)15-16-12-9-8-10-13-16/h8-10,12-13,17-18H,3-7,11,14-15H2,1-2H3/t17-,18+/m0/s1. The molecule has 5 nitrogen and oxygen atoms in total. The van der Waals surface area contributed by atoms with Gasteiger partial charge in [-0.3, -0.25) is 4.90 Å². The lowest BCUT2D eigenvalue weighted by Gasteiger charge is -2.22. The van der Waals surface area contributed by atoms with Crippen molar-refractivity contribution in [2.75, 3.05) is 7.11 Å². The number of hydrogen-bond acceptors (Lipinski definition) is 4. The number of rotatable bonds is 10. The molecule has 1 heterocycles. The molecule has 1 fully saturated rings. The summed E-state index contributed by atoms with van der Waals surface area (Å²) in [6, 6.07) is 8.96. The molecule has 0 aromatic heterocycles. The summed E-state index contributed by atoms with van der Waals surface area (Å²) in [5.74, 6) is -0.405. The van der Waals surface area contributed by atoms with Crippen molar-refractivity contribution in [3.8, 4) is 0 Å². The van der Waals surface area contributed by atoms with Crippen LogP contribution in [-0.4, -0.2) is 36.2 Å². The molecule has 1 aromatic carbocycles. The maximum Gasteiger partial charge on any atom is 0.411 e. The Balaban J connectivity index is 1.95. The van der Waals surface area contributed by atoms with Crippen LogP contribution in [0.25, 0.3) is 0 Å². The van der Waals surface area contributed by atoms with Gasteiger partial charge < -0.3 is 9.47 Å². The maximum absolute atomic E-state index is 12.3. The van der Waals surface area contributed by atoms with Crippen LogP contribution in [0, 0.1) is 0 Å². The van der Waals surface area contributed by atoms with Crippen LogP contribution in [0.1, 0.15) is 57.4 Å². The van der Waals surface area contributed by atoms with Crippen molar-refractivity contribution in [1.82, 2.24) is 4.90 Å². The number of carbonyl (C=O) groups excluding carboxylic acids is 2. The van der Waals surface area contributed by atoms with Crippen molar-refractivity contribution in [2.24, 2.45) is 0 Å². The molecule has 2 atom stereocenters. The molecule has 1 amide bonds. The Morgan fingerprint density at radius 2 is 1.80 bits per heavy atom. The monoisotopic (exact) mass is 347 g/mol. The summed E-state index contributed by atoms with van der Waals surface area (Å²) in [7, 11) is 1.35. The average Bonchev–Trinajstić information content (AvgIpc) is 2.93. The predicted molar refractivity (Wildman–Crippen MR) is 96.1 cm³/mol. The molecular formula is C20H29NO4. The SMILES string of the molecule is CCCCCCCC[C@@H]1OC(=O)N(Cc2ccccc2)[C@H]1C(=O)OC. The Morgan fingerprint density at radius 3 is 2.48 bits per heavy atom. The van der Waals surface area contributed by atoms with E-state index < -0.39 is 24.2 Å². The zero-order valence-corrected chi connectivity index (χ0v) is 15.3. The van der Waals surface area contributed by atoms with Crippen LogP contribution in [-0.2, 0) is 20.8 Å². The first kappa shape index (κ1) is 19.3. The van der Waals surface area contributed by atoms with Crippen molar-refractivity contribution in [2.45, 2.75) is 70.6 Å². The van der Waals surface area contributed by atoms with Crippen molar-refractivity contribution in [3.63, 3.8) is 0 Å². The fraction of sp³-hybridized carbons (Fsp3) is 0.600. The minimum atomic E-state index is -0.659. The van der Waals surface area contributed by atoms with E-state index in [4.69, 9.17) is 9.47 Å². The fourth-order valence-corrected chi connectivity index (χ4v) is 3.26. The fourth-order valence-electron chi connectivity index (χ4n) is 3.26. The summed E-state index contributed by atoms with van der Waals surface area (Å²) in [6.45, 7) is 2.55. The number of carbonyl (C=O) groups is 2. The number of unbranched alkanes of at least 4 members (excludes halogenated alkanes) is 5. The van der Waals surface area contributed by atoms with Gasteiger partial charge in [-0.1, -0.05) is 69.4 Å². The van der Waals surface area contributed by atoms with Crippen LogP contribution in [0.5, 0.6) is 0 Å². The van der Waals surface area contributed by atoms with E-state index in [-0.39, 0.29) is 0 Å². The van der Waals surface area contributed by atoms with Gasteiger partial charge in [0.25, 0.3) is 0 Å². The van der Waals surface area contributed by atoms with Gasteiger partial charge in [0.05, 0.1) is 13.7 Å². The first-order valence-corrected chi connectivity index (χ1v) is 9.26. The van der Waals surface area contributed by atoms with Gasteiger partial charge >= 0.3 is 12.1 Å². The number of cyclic esters (lactones) is 1. The van der Waals surface area contributed by atoms with Crippen LogP contribution in [0.3, 0.4) is 0 Å². The van der Waals surface area contributed by atoms with Crippen LogP contribution < -0.4 is 0 Å². The van der Waals surface area contributed by atoms with E-state index in [9.17, 15) is 9.59 Å². The van der Waals surface area contributed by atoms with E-state index in [0.717, 1.165) is 18.4 Å². The quantitative estimate of drug-likeness (QED) is 0.468. The lowest BCUT2D eigenvalue weighted by molar-refractivity contribution is -0.146. The lowest BCUT2D eigenvalue weighted by Crippen LogP contribution is -2.43. The Hall–Kier alpha value is -2.04. The van der Waals surface area contributed by atoms with Gasteiger partial charge in [0.1, 0.15) is 6.10 Å². The third kappa shape index (κ3) is 5.48. The van der Waals surface area contributed by atoms with Crippen molar-refractivity contribution in [1.29, 1.82) is 0 Å². The minimum Gasteiger partial charge on any atom is -0.467 e. The molecule has 0 N–H and O–H groups in total. The molecule has 0 saturated carbocycles. The molecule has 0 aliphatic carbocycles. The highest BCUT2D eigenvalue weighted by Gasteiger charge is 2.46. The molecule has 0 bridgehead atoms. The first-order chi connectivity index (χ1) is 12.2. The van der Waals surface area contributed by atoms with Gasteiger partial charge in [0.2, 0.25) is 0 Å². The number of hydrogen-bond donors (Lipinski definition) is 0. The second-order valence-corrected chi connectivity index (χ2v) is 6.56. The number of nitrogens with zero attached hydrogens (tertiary/aromatic N) is 1. The van der Waals surface area contributed by atoms with Crippen molar-refractivity contribution < 1.29 is 19.1 Å². The molecule has 2 rings (SSSR count). The topological polar surface area (TPSA) is 55.8 Å². The van der Waals surface area contributed by atoms with Crippen LogP contribution in [0.2, 0.25) is 0 Å². The molecular weight excluding hydrogens is 318 g/mol. The Morgan fingerprint density at radius 1 is 1.12 bits per heavy atom. The van der Waals surface area contributed by atoms with E-state index in [1.165, 1.54) is 37.7 Å². The van der Waals surface area contributed by atoms with Crippen LogP contribution in [0.4, 0.5) is 4.79 Å². The Bertz CT molecular complexity index is 546. The number of ether oxygens (including phenoxy) is 2. The molecule has 25 heavy (non-hydrogen) atoms. The van der Waals surface area contributed by atoms with Gasteiger partial charge in [-0.15, -0.1) is 0 Å². The van der Waals surface area contributed by atoms with Gasteiger partial charge in [0.15, 0.2) is 6.04 Å². The zero-order valence-electron chi connectivity index (χ0n) is 15.3. The van der Waals surface area contributed by atoms with E-state index in [2.05, 4.69) is 6.92 Å². The summed E-state index contributed by atoms with van der Waals surface area (Å²) in [6.07, 6.45) is 6.79. The van der Waals surface area contributed by atoms with Crippen molar-refractivity contribution >= 4 is 12.1 Å². The zero-order chi connectivity index (χ0) is 18.1. The van der Waals surface area contributed by atoms with E-state index in [1.807, 2.05) is 30.3 Å². The molecule has 0 spiro atoms. The molecule has 138 valence electrons. The summed E-state index contributed by atoms with van der Waals surface area (Å²) < 4.78 is 10.4. The third-order valence-electron chi connectivity index (χ3n) is 4.66. The highest BCUT2D eigenvalue weighted by Crippen LogP contribution is 2.27. The Labute approximate surface area is 150 Å². The molecule has 0 radical (unpaired) electrons. The van der Waals surface area contributed by atoms with Gasteiger partial charge in [-0.05, 0) is 18.4 Å². The molecule has 1 aliphatic heterocycles. The van der Waals surface area contributed by atoms with E-state index >= 15 is 0 Å². The predicted octanol–water partition coefficient (Wildman–Crippen LogP) is 4.30. The minimum absolute atomic E-state index is 0.354. The van der Waals surface area contributed by atoms with Gasteiger partial charge in [-0.2, -0.15) is 0 Å². The molecule has 1 saturated heterocycles. The summed E-state index contributed by atoms with van der Waals surface area (Å²) >= 11 is 0. The highest BCUT2D eigenvalue weighted by molar-refractivity contribution is 5.85. The average molecular weight is 347 g/mol. The molecule has 1 aliphatic rings. The molecule has 0 unspecified atom stereocenters. The summed E-state index contributed by atoms with van der Waals surface area (Å²) in [5, 5.41) is 0. The third-order valence-corrected chi connectivity index (χ3v) is 4.66. The number of esters is 1. The maximum atomic E-state index is 12.3. The highest BCUT2D eigenvalue weighted by atomic mass is 16.6. The van der Waals surface area contributed by atoms with Crippen LogP contribution >= 0.6 is 0 Å². The largest absolute Gasteiger partial charge is 0.467 e. The van der Waals surface area contributed by atoms with Gasteiger partial charge in [-0.25, -0.2) is 9.59 Å². The van der Waals surface area contributed by atoms with E-state index in [0.29, 0.717) is 13.0 Å². The number of methoxy groups -OCH3 is 1. The van der Waals surface area contributed by atoms with Crippen molar-refractivity contribution in [3.05, 3.63) is 35.9 Å². The second-order valence-electron chi connectivity index (χ2n) is 6.56. The summed E-state index contributed by atoms with van der Waals surface area (Å²) in [4.78, 5) is 26.0. The summed E-state index contributed by atoms with van der Waals surface area (Å²) in [5.41, 5.74) is 0.966. The molecule has 1 aromatic rings. The first-order valence-electron chi connectivity index (χ1n) is 9.26. The second kappa shape index (κ2) is 10.1. The molecule has 5 heteroatoms.